The zero-order chi connectivity index (χ0) is 18.5. The number of nitrogens with one attached hydrogen (secondary N) is 2. The van der Waals surface area contributed by atoms with Crippen LogP contribution in [0.15, 0.2) is 30.6 Å². The van der Waals surface area contributed by atoms with E-state index in [2.05, 4.69) is 20.6 Å². The van der Waals surface area contributed by atoms with Crippen LogP contribution in [-0.2, 0) is 17.9 Å². The third-order valence-corrected chi connectivity index (χ3v) is 4.46. The second kappa shape index (κ2) is 7.95. The number of carbonyl (C=O) groups excluding carboxylic acids is 2. The Hall–Kier alpha value is -2.96. The summed E-state index contributed by atoms with van der Waals surface area (Å²) >= 11 is 0. The van der Waals surface area contributed by atoms with E-state index in [1.165, 1.54) is 5.56 Å². The number of aromatic nitrogens is 2. The van der Waals surface area contributed by atoms with E-state index < -0.39 is 0 Å². The Bertz CT molecular complexity index is 821. The molecule has 2 N–H and O–H groups in total. The van der Waals surface area contributed by atoms with Crippen LogP contribution in [0.5, 0.6) is 0 Å². The molecule has 7 nitrogen and oxygen atoms in total. The highest BCUT2D eigenvalue weighted by atomic mass is 16.2. The molecule has 136 valence electrons. The van der Waals surface area contributed by atoms with Crippen molar-refractivity contribution in [2.45, 2.75) is 33.4 Å². The molecule has 1 aliphatic heterocycles. The van der Waals surface area contributed by atoms with Gasteiger partial charge >= 0.3 is 0 Å². The van der Waals surface area contributed by atoms with Crippen LogP contribution in [0, 0.1) is 6.92 Å². The summed E-state index contributed by atoms with van der Waals surface area (Å²) in [4.78, 5) is 34.2. The fourth-order valence-corrected chi connectivity index (χ4v) is 2.84. The van der Waals surface area contributed by atoms with Crippen LogP contribution in [0.2, 0.25) is 0 Å². The highest BCUT2D eigenvalue weighted by Gasteiger charge is 2.28. The van der Waals surface area contributed by atoms with Gasteiger partial charge < -0.3 is 15.5 Å². The number of pyridine rings is 2. The molecule has 0 unspecified atom stereocenters. The Kier molecular flexibility index (Phi) is 5.46. The van der Waals surface area contributed by atoms with Crippen molar-refractivity contribution in [1.82, 2.24) is 20.2 Å². The van der Waals surface area contributed by atoms with Gasteiger partial charge in [0.15, 0.2) is 0 Å². The summed E-state index contributed by atoms with van der Waals surface area (Å²) in [7, 11) is 0. The molecule has 0 atom stereocenters. The predicted molar refractivity (Wildman–Crippen MR) is 98.6 cm³/mol. The first-order chi connectivity index (χ1) is 12.6. The molecule has 0 fully saturated rings. The van der Waals surface area contributed by atoms with Crippen molar-refractivity contribution in [2.75, 3.05) is 18.4 Å². The normalized spacial score (nSPS) is 12.8. The zero-order valence-electron chi connectivity index (χ0n) is 15.1. The lowest BCUT2D eigenvalue weighted by molar-refractivity contribution is -0.120. The van der Waals surface area contributed by atoms with Crippen molar-refractivity contribution >= 4 is 17.6 Å². The van der Waals surface area contributed by atoms with Gasteiger partial charge in [-0.3, -0.25) is 14.6 Å². The number of amides is 2. The van der Waals surface area contributed by atoms with Crippen molar-refractivity contribution in [3.05, 3.63) is 53.0 Å². The van der Waals surface area contributed by atoms with Gasteiger partial charge in [0.2, 0.25) is 5.91 Å². The number of aryl methyl sites for hydroxylation is 1. The molecule has 1 aliphatic rings. The molecule has 0 bridgehead atoms. The first-order valence-corrected chi connectivity index (χ1v) is 8.77. The maximum atomic E-state index is 12.4. The van der Waals surface area contributed by atoms with E-state index in [-0.39, 0.29) is 11.8 Å². The van der Waals surface area contributed by atoms with E-state index in [4.69, 9.17) is 0 Å². The number of carbonyl (C=O) groups is 2. The predicted octanol–water partition coefficient (Wildman–Crippen LogP) is 1.88. The number of nitrogens with zero attached hydrogens (tertiary/aromatic N) is 3. The van der Waals surface area contributed by atoms with Gasteiger partial charge in [0.1, 0.15) is 5.82 Å². The average molecular weight is 353 g/mol. The van der Waals surface area contributed by atoms with Gasteiger partial charge in [-0.2, -0.15) is 0 Å². The number of hydrogen-bond acceptors (Lipinski definition) is 5. The van der Waals surface area contributed by atoms with Crippen molar-refractivity contribution in [2.24, 2.45) is 0 Å². The second-order valence-electron chi connectivity index (χ2n) is 6.28. The maximum Gasteiger partial charge on any atom is 0.256 e. The minimum atomic E-state index is -0.0344. The van der Waals surface area contributed by atoms with Crippen molar-refractivity contribution in [3.63, 3.8) is 0 Å². The van der Waals surface area contributed by atoms with Gasteiger partial charge in [-0.15, -0.1) is 0 Å². The summed E-state index contributed by atoms with van der Waals surface area (Å²) in [5.41, 5.74) is 3.68. The average Bonchev–Trinajstić information content (AvgIpc) is 2.96. The van der Waals surface area contributed by atoms with E-state index in [0.717, 1.165) is 17.1 Å². The Labute approximate surface area is 152 Å². The molecule has 0 aromatic carbocycles. The Morgan fingerprint density at radius 1 is 1.31 bits per heavy atom. The first kappa shape index (κ1) is 17.8. The SMILES string of the molecule is CCC(=O)NCCN1Cc2nc(NCc3cnccc3C)ccc2C1=O. The molecule has 7 heteroatoms. The Balaban J connectivity index is 1.60. The fraction of sp³-hybridized carbons (Fsp3) is 0.368. The van der Waals surface area contributed by atoms with Gasteiger partial charge in [0.05, 0.1) is 17.8 Å². The lowest BCUT2D eigenvalue weighted by Crippen LogP contribution is -2.34. The van der Waals surface area contributed by atoms with E-state index in [0.29, 0.717) is 38.2 Å². The summed E-state index contributed by atoms with van der Waals surface area (Å²) in [6, 6.07) is 5.61. The lowest BCUT2D eigenvalue weighted by atomic mass is 10.1. The van der Waals surface area contributed by atoms with Crippen LogP contribution < -0.4 is 10.6 Å². The largest absolute Gasteiger partial charge is 0.366 e. The summed E-state index contributed by atoms with van der Waals surface area (Å²) in [5.74, 6) is 0.693. The minimum Gasteiger partial charge on any atom is -0.366 e. The first-order valence-electron chi connectivity index (χ1n) is 8.77. The molecule has 2 amide bonds. The van der Waals surface area contributed by atoms with Gasteiger partial charge in [-0.05, 0) is 36.2 Å². The Morgan fingerprint density at radius 2 is 2.15 bits per heavy atom. The lowest BCUT2D eigenvalue weighted by Gasteiger charge is -2.15. The quantitative estimate of drug-likeness (QED) is 0.794. The molecule has 2 aromatic heterocycles. The molecule has 0 spiro atoms. The summed E-state index contributed by atoms with van der Waals surface area (Å²) in [5, 5.41) is 6.08. The molecule has 2 aromatic rings. The van der Waals surface area contributed by atoms with Gasteiger partial charge in [0.25, 0.3) is 5.91 Å². The van der Waals surface area contributed by atoms with Crippen LogP contribution in [0.3, 0.4) is 0 Å². The second-order valence-corrected chi connectivity index (χ2v) is 6.28. The van der Waals surface area contributed by atoms with Crippen LogP contribution in [0.1, 0.15) is 40.5 Å². The van der Waals surface area contributed by atoms with Crippen molar-refractivity contribution in [1.29, 1.82) is 0 Å². The number of fused-ring (bicyclic) bond motifs is 1. The molecule has 26 heavy (non-hydrogen) atoms. The third kappa shape index (κ3) is 3.99. The van der Waals surface area contributed by atoms with Crippen LogP contribution in [0.4, 0.5) is 5.82 Å². The van der Waals surface area contributed by atoms with Gasteiger partial charge in [0, 0.05) is 38.4 Å². The van der Waals surface area contributed by atoms with Gasteiger partial charge in [-0.1, -0.05) is 6.92 Å². The summed E-state index contributed by atoms with van der Waals surface area (Å²) in [6.45, 7) is 5.89. The number of hydrogen-bond donors (Lipinski definition) is 2. The monoisotopic (exact) mass is 353 g/mol. The highest BCUT2D eigenvalue weighted by molar-refractivity contribution is 5.98. The van der Waals surface area contributed by atoms with Crippen molar-refractivity contribution < 1.29 is 9.59 Å². The highest BCUT2D eigenvalue weighted by Crippen LogP contribution is 2.22. The molecule has 0 radical (unpaired) electrons. The molecule has 3 heterocycles. The van der Waals surface area contributed by atoms with Crippen LogP contribution >= 0.6 is 0 Å². The standard InChI is InChI=1S/C19H23N5O2/c1-3-18(25)21-8-9-24-12-16-15(19(24)26)4-5-17(23-16)22-11-14-10-20-7-6-13(14)2/h4-7,10H,3,8-9,11-12H2,1-2H3,(H,21,25)(H,22,23). The minimum absolute atomic E-state index is 0.00975. The van der Waals surface area contributed by atoms with Crippen LogP contribution in [-0.4, -0.2) is 39.8 Å². The summed E-state index contributed by atoms with van der Waals surface area (Å²) < 4.78 is 0. The third-order valence-electron chi connectivity index (χ3n) is 4.46. The molecular weight excluding hydrogens is 330 g/mol. The number of anilines is 1. The molecule has 0 saturated heterocycles. The van der Waals surface area contributed by atoms with Crippen LogP contribution in [0.25, 0.3) is 0 Å². The topological polar surface area (TPSA) is 87.2 Å². The Morgan fingerprint density at radius 3 is 2.92 bits per heavy atom. The van der Waals surface area contributed by atoms with E-state index >= 15 is 0 Å². The molecular formula is C19H23N5O2. The van der Waals surface area contributed by atoms with E-state index in [1.807, 2.05) is 31.3 Å². The smallest absolute Gasteiger partial charge is 0.256 e. The van der Waals surface area contributed by atoms with Crippen molar-refractivity contribution in [3.8, 4) is 0 Å². The number of rotatable bonds is 7. The zero-order valence-corrected chi connectivity index (χ0v) is 15.1. The molecule has 3 rings (SSSR count). The molecule has 0 saturated carbocycles. The van der Waals surface area contributed by atoms with E-state index in [9.17, 15) is 9.59 Å². The molecule has 0 aliphatic carbocycles. The summed E-state index contributed by atoms with van der Waals surface area (Å²) in [6.07, 6.45) is 4.06. The fourth-order valence-electron chi connectivity index (χ4n) is 2.84. The van der Waals surface area contributed by atoms with Gasteiger partial charge in [-0.25, -0.2) is 4.98 Å². The van der Waals surface area contributed by atoms with E-state index in [1.54, 1.807) is 18.0 Å². The maximum absolute atomic E-state index is 12.4.